The van der Waals surface area contributed by atoms with E-state index in [1.165, 1.54) is 58.2 Å². The Morgan fingerprint density at radius 2 is 1.68 bits per heavy atom. The van der Waals surface area contributed by atoms with Gasteiger partial charge in [0.05, 0.1) is 0 Å². The van der Waals surface area contributed by atoms with Gasteiger partial charge in [-0.25, -0.2) is 0 Å². The quantitative estimate of drug-likeness (QED) is 0.756. The van der Waals surface area contributed by atoms with Crippen molar-refractivity contribution >= 4 is 0 Å². The Morgan fingerprint density at radius 3 is 2.16 bits per heavy atom. The van der Waals surface area contributed by atoms with Gasteiger partial charge in [-0.1, -0.05) is 33.6 Å². The van der Waals surface area contributed by atoms with Crippen LogP contribution in [0.5, 0.6) is 0 Å². The number of hydrogen-bond acceptors (Lipinski definition) is 2. The van der Waals surface area contributed by atoms with E-state index in [-0.39, 0.29) is 0 Å². The average Bonchev–Trinajstić information content (AvgIpc) is 3.28. The maximum Gasteiger partial charge on any atom is 0.0105 e. The lowest BCUT2D eigenvalue weighted by atomic mass is 9.74. The van der Waals surface area contributed by atoms with Crippen molar-refractivity contribution in [3.05, 3.63) is 0 Å². The molecule has 0 aromatic rings. The van der Waals surface area contributed by atoms with Crippen molar-refractivity contribution < 1.29 is 0 Å². The summed E-state index contributed by atoms with van der Waals surface area (Å²) in [6.45, 7) is 13.4. The zero-order chi connectivity index (χ0) is 13.9. The summed E-state index contributed by atoms with van der Waals surface area (Å²) < 4.78 is 0. The Bertz CT molecular complexity index is 258. The van der Waals surface area contributed by atoms with Gasteiger partial charge in [0.1, 0.15) is 0 Å². The Labute approximate surface area is 120 Å². The van der Waals surface area contributed by atoms with Gasteiger partial charge in [0.25, 0.3) is 0 Å². The average molecular weight is 266 g/mol. The highest BCUT2D eigenvalue weighted by Crippen LogP contribution is 2.38. The highest BCUT2D eigenvalue weighted by Gasteiger charge is 2.33. The first-order valence-electron chi connectivity index (χ1n) is 8.57. The standard InChI is InChI=1S/C17H34N2/c1-5-17(6-2)9-11-19(12-10-17)15(4)14(3)13-18-16-7-8-16/h14-16,18H,5-13H2,1-4H3. The summed E-state index contributed by atoms with van der Waals surface area (Å²) in [6, 6.07) is 1.59. The fourth-order valence-corrected chi connectivity index (χ4v) is 3.53. The summed E-state index contributed by atoms with van der Waals surface area (Å²) in [5, 5.41) is 3.69. The molecule has 2 atom stereocenters. The molecule has 2 aliphatic rings. The fourth-order valence-electron chi connectivity index (χ4n) is 3.53. The summed E-state index contributed by atoms with van der Waals surface area (Å²) in [4.78, 5) is 2.74. The number of nitrogens with zero attached hydrogens (tertiary/aromatic N) is 1. The summed E-state index contributed by atoms with van der Waals surface area (Å²) in [7, 11) is 0. The van der Waals surface area contributed by atoms with Crippen molar-refractivity contribution in [3.63, 3.8) is 0 Å². The zero-order valence-corrected chi connectivity index (χ0v) is 13.5. The molecule has 2 unspecified atom stereocenters. The van der Waals surface area contributed by atoms with Gasteiger partial charge in [0.15, 0.2) is 0 Å². The van der Waals surface area contributed by atoms with Gasteiger partial charge in [-0.3, -0.25) is 0 Å². The maximum atomic E-state index is 3.69. The van der Waals surface area contributed by atoms with E-state index >= 15 is 0 Å². The van der Waals surface area contributed by atoms with E-state index in [1.54, 1.807) is 0 Å². The Kier molecular flexibility index (Phi) is 5.30. The van der Waals surface area contributed by atoms with Crippen LogP contribution in [0, 0.1) is 11.3 Å². The van der Waals surface area contributed by atoms with E-state index in [4.69, 9.17) is 0 Å². The first-order valence-corrected chi connectivity index (χ1v) is 8.57. The zero-order valence-electron chi connectivity index (χ0n) is 13.5. The molecule has 0 aromatic heterocycles. The number of hydrogen-bond donors (Lipinski definition) is 1. The lowest BCUT2D eigenvalue weighted by Crippen LogP contribution is -2.47. The maximum absolute atomic E-state index is 3.69. The molecule has 1 heterocycles. The summed E-state index contributed by atoms with van der Waals surface area (Å²) in [5.41, 5.74) is 0.658. The third-order valence-electron chi connectivity index (χ3n) is 6.06. The minimum atomic E-state index is 0.658. The molecular weight excluding hydrogens is 232 g/mol. The van der Waals surface area contributed by atoms with Gasteiger partial charge in [-0.15, -0.1) is 0 Å². The molecule has 2 fully saturated rings. The molecule has 19 heavy (non-hydrogen) atoms. The molecule has 2 heteroatoms. The predicted octanol–water partition coefficient (Wildman–Crippen LogP) is 3.67. The van der Waals surface area contributed by atoms with Crippen molar-refractivity contribution in [2.75, 3.05) is 19.6 Å². The van der Waals surface area contributed by atoms with E-state index in [0.29, 0.717) is 5.41 Å². The van der Waals surface area contributed by atoms with Crippen LogP contribution in [0.3, 0.4) is 0 Å². The number of rotatable bonds is 7. The van der Waals surface area contributed by atoms with Crippen molar-refractivity contribution in [3.8, 4) is 0 Å². The number of piperidine rings is 1. The van der Waals surface area contributed by atoms with Gasteiger partial charge >= 0.3 is 0 Å². The largest absolute Gasteiger partial charge is 0.314 e. The summed E-state index contributed by atoms with van der Waals surface area (Å²) in [5.74, 6) is 0.774. The normalized spacial score (nSPS) is 27.2. The van der Waals surface area contributed by atoms with Crippen molar-refractivity contribution in [1.82, 2.24) is 10.2 Å². The van der Waals surface area contributed by atoms with Crippen LogP contribution in [0.15, 0.2) is 0 Å². The molecule has 1 saturated heterocycles. The monoisotopic (exact) mass is 266 g/mol. The van der Waals surface area contributed by atoms with Gasteiger partial charge in [-0.05, 0) is 63.6 Å². The van der Waals surface area contributed by atoms with Crippen LogP contribution in [0.25, 0.3) is 0 Å². The lowest BCUT2D eigenvalue weighted by Gasteiger charge is -2.44. The topological polar surface area (TPSA) is 15.3 Å². The van der Waals surface area contributed by atoms with Gasteiger partial charge < -0.3 is 10.2 Å². The first-order chi connectivity index (χ1) is 9.10. The van der Waals surface area contributed by atoms with Crippen LogP contribution >= 0.6 is 0 Å². The van der Waals surface area contributed by atoms with E-state index in [2.05, 4.69) is 37.9 Å². The van der Waals surface area contributed by atoms with Crippen molar-refractivity contribution in [2.24, 2.45) is 11.3 Å². The van der Waals surface area contributed by atoms with Crippen LogP contribution < -0.4 is 5.32 Å². The molecule has 0 bridgehead atoms. The highest BCUT2D eigenvalue weighted by molar-refractivity contribution is 4.88. The van der Waals surface area contributed by atoms with E-state index < -0.39 is 0 Å². The Balaban J connectivity index is 1.75. The minimum Gasteiger partial charge on any atom is -0.314 e. The smallest absolute Gasteiger partial charge is 0.0105 e. The molecule has 2 rings (SSSR count). The highest BCUT2D eigenvalue weighted by atomic mass is 15.2. The third-order valence-corrected chi connectivity index (χ3v) is 6.06. The van der Waals surface area contributed by atoms with Gasteiger partial charge in [0, 0.05) is 12.1 Å². The van der Waals surface area contributed by atoms with Crippen LogP contribution in [0.2, 0.25) is 0 Å². The van der Waals surface area contributed by atoms with Crippen LogP contribution in [0.1, 0.15) is 66.2 Å². The van der Waals surface area contributed by atoms with Crippen LogP contribution in [-0.2, 0) is 0 Å². The predicted molar refractivity (Wildman–Crippen MR) is 83.5 cm³/mol. The first kappa shape index (κ1) is 15.3. The van der Waals surface area contributed by atoms with E-state index in [9.17, 15) is 0 Å². The second-order valence-corrected chi connectivity index (χ2v) is 7.14. The van der Waals surface area contributed by atoms with Crippen molar-refractivity contribution in [1.29, 1.82) is 0 Å². The minimum absolute atomic E-state index is 0.658. The molecule has 1 aliphatic heterocycles. The molecule has 2 nitrogen and oxygen atoms in total. The van der Waals surface area contributed by atoms with E-state index in [1.807, 2.05) is 0 Å². The third kappa shape index (κ3) is 3.95. The van der Waals surface area contributed by atoms with Crippen LogP contribution in [-0.4, -0.2) is 36.6 Å². The fraction of sp³-hybridized carbons (Fsp3) is 1.00. The second-order valence-electron chi connectivity index (χ2n) is 7.14. The molecule has 1 saturated carbocycles. The van der Waals surface area contributed by atoms with Crippen molar-refractivity contribution in [2.45, 2.75) is 78.3 Å². The summed E-state index contributed by atoms with van der Waals surface area (Å²) >= 11 is 0. The SMILES string of the molecule is CCC1(CC)CCN(C(C)C(C)CNC2CC2)CC1. The lowest BCUT2D eigenvalue weighted by molar-refractivity contribution is 0.0542. The second kappa shape index (κ2) is 6.58. The molecule has 0 aromatic carbocycles. The summed E-state index contributed by atoms with van der Waals surface area (Å²) in [6.07, 6.45) is 8.36. The van der Waals surface area contributed by atoms with E-state index in [0.717, 1.165) is 18.0 Å². The molecule has 0 amide bonds. The molecule has 1 N–H and O–H groups in total. The Morgan fingerprint density at radius 1 is 1.11 bits per heavy atom. The number of likely N-dealkylation sites (tertiary alicyclic amines) is 1. The molecule has 0 radical (unpaired) electrons. The molecular formula is C17H34N2. The molecule has 0 spiro atoms. The molecule has 112 valence electrons. The van der Waals surface area contributed by atoms with Crippen LogP contribution in [0.4, 0.5) is 0 Å². The van der Waals surface area contributed by atoms with Gasteiger partial charge in [-0.2, -0.15) is 0 Å². The number of nitrogens with one attached hydrogen (secondary N) is 1. The Hall–Kier alpha value is -0.0800. The van der Waals surface area contributed by atoms with Gasteiger partial charge in [0.2, 0.25) is 0 Å². The molecule has 1 aliphatic carbocycles.